The number of nitrogen functional groups attached to an aromatic ring is 1. The van der Waals surface area contributed by atoms with Gasteiger partial charge in [-0.05, 0) is 53.0 Å². The molecule has 0 atom stereocenters. The van der Waals surface area contributed by atoms with Crippen molar-refractivity contribution >= 4 is 27.4 Å². The molecule has 0 bridgehead atoms. The van der Waals surface area contributed by atoms with Crippen LogP contribution in [0, 0.1) is 19.7 Å². The average Bonchev–Trinajstić information content (AvgIpc) is 2.71. The predicted octanol–water partition coefficient (Wildman–Crippen LogP) is 4.10. The van der Waals surface area contributed by atoms with Crippen LogP contribution in [0.5, 0.6) is 0 Å². The lowest BCUT2D eigenvalue weighted by atomic mass is 10.1. The third-order valence-corrected chi connectivity index (χ3v) is 4.22. The molecule has 0 saturated carbocycles. The molecule has 0 spiro atoms. The SMILES string of the molecule is Cc1ccc(-c2nc3cc(C)c(Br)cn3c2N)cc1F. The quantitative estimate of drug-likeness (QED) is 0.728. The second kappa shape index (κ2) is 4.59. The molecule has 2 heterocycles. The third kappa shape index (κ3) is 1.98. The van der Waals surface area contributed by atoms with Crippen LogP contribution < -0.4 is 5.73 Å². The predicted molar refractivity (Wildman–Crippen MR) is 82.2 cm³/mol. The normalized spacial score (nSPS) is 11.2. The minimum Gasteiger partial charge on any atom is -0.383 e. The zero-order valence-corrected chi connectivity index (χ0v) is 12.7. The van der Waals surface area contributed by atoms with E-state index in [2.05, 4.69) is 20.9 Å². The molecule has 0 aliphatic heterocycles. The van der Waals surface area contributed by atoms with Crippen molar-refractivity contribution in [3.05, 3.63) is 51.9 Å². The first-order valence-corrected chi connectivity index (χ1v) is 6.97. The Morgan fingerprint density at radius 3 is 2.65 bits per heavy atom. The number of hydrogen-bond acceptors (Lipinski definition) is 2. The Morgan fingerprint density at radius 1 is 1.20 bits per heavy atom. The summed E-state index contributed by atoms with van der Waals surface area (Å²) in [5.74, 6) is 0.250. The second-order valence-corrected chi connectivity index (χ2v) is 5.70. The van der Waals surface area contributed by atoms with E-state index in [0.717, 1.165) is 15.7 Å². The van der Waals surface area contributed by atoms with Gasteiger partial charge in [0.2, 0.25) is 0 Å². The van der Waals surface area contributed by atoms with Gasteiger partial charge in [0.15, 0.2) is 0 Å². The van der Waals surface area contributed by atoms with E-state index in [-0.39, 0.29) is 5.82 Å². The van der Waals surface area contributed by atoms with Crippen molar-refractivity contribution < 1.29 is 4.39 Å². The van der Waals surface area contributed by atoms with E-state index in [1.807, 2.05) is 25.3 Å². The van der Waals surface area contributed by atoms with Gasteiger partial charge >= 0.3 is 0 Å². The summed E-state index contributed by atoms with van der Waals surface area (Å²) in [6, 6.07) is 6.97. The van der Waals surface area contributed by atoms with Crippen LogP contribution in [0.15, 0.2) is 34.9 Å². The molecule has 0 radical (unpaired) electrons. The lowest BCUT2D eigenvalue weighted by Crippen LogP contribution is -1.95. The van der Waals surface area contributed by atoms with E-state index >= 15 is 0 Å². The fraction of sp³-hybridized carbons (Fsp3) is 0.133. The van der Waals surface area contributed by atoms with Gasteiger partial charge in [0.1, 0.15) is 23.0 Å². The summed E-state index contributed by atoms with van der Waals surface area (Å²) in [4.78, 5) is 4.51. The monoisotopic (exact) mass is 333 g/mol. The van der Waals surface area contributed by atoms with Gasteiger partial charge in [-0.25, -0.2) is 9.37 Å². The molecule has 0 fully saturated rings. The molecule has 0 saturated heterocycles. The van der Waals surface area contributed by atoms with Crippen LogP contribution in [0.3, 0.4) is 0 Å². The first kappa shape index (κ1) is 13.1. The average molecular weight is 334 g/mol. The van der Waals surface area contributed by atoms with E-state index in [0.29, 0.717) is 22.6 Å². The van der Waals surface area contributed by atoms with Crippen LogP contribution in [0.1, 0.15) is 11.1 Å². The zero-order valence-electron chi connectivity index (χ0n) is 11.1. The maximum absolute atomic E-state index is 13.7. The second-order valence-electron chi connectivity index (χ2n) is 4.84. The Hall–Kier alpha value is -1.88. The zero-order chi connectivity index (χ0) is 14.4. The van der Waals surface area contributed by atoms with Gasteiger partial charge in [0, 0.05) is 16.2 Å². The van der Waals surface area contributed by atoms with Gasteiger partial charge in [-0.1, -0.05) is 12.1 Å². The third-order valence-electron chi connectivity index (χ3n) is 3.39. The van der Waals surface area contributed by atoms with Gasteiger partial charge in [-0.3, -0.25) is 4.40 Å². The summed E-state index contributed by atoms with van der Waals surface area (Å²) >= 11 is 3.47. The molecule has 2 N–H and O–H groups in total. The summed E-state index contributed by atoms with van der Waals surface area (Å²) in [6.45, 7) is 3.72. The van der Waals surface area contributed by atoms with Gasteiger partial charge in [0.05, 0.1) is 0 Å². The van der Waals surface area contributed by atoms with Crippen LogP contribution in [-0.4, -0.2) is 9.38 Å². The van der Waals surface area contributed by atoms with E-state index in [9.17, 15) is 4.39 Å². The van der Waals surface area contributed by atoms with Crippen LogP contribution >= 0.6 is 15.9 Å². The molecule has 20 heavy (non-hydrogen) atoms. The van der Waals surface area contributed by atoms with Crippen molar-refractivity contribution in [2.75, 3.05) is 5.73 Å². The van der Waals surface area contributed by atoms with Crippen molar-refractivity contribution in [1.82, 2.24) is 9.38 Å². The van der Waals surface area contributed by atoms with E-state index in [4.69, 9.17) is 5.73 Å². The largest absolute Gasteiger partial charge is 0.383 e. The molecule has 0 amide bonds. The van der Waals surface area contributed by atoms with Gasteiger partial charge in [0.25, 0.3) is 0 Å². The number of rotatable bonds is 1. The standard InChI is InChI=1S/C15H13BrFN3/c1-8-3-4-10(6-12(8)17)14-15(18)20-7-11(16)9(2)5-13(20)19-14/h3-7H,18H2,1-2H3. The van der Waals surface area contributed by atoms with Crippen molar-refractivity contribution in [3.63, 3.8) is 0 Å². The Balaban J connectivity index is 2.26. The highest BCUT2D eigenvalue weighted by molar-refractivity contribution is 9.10. The summed E-state index contributed by atoms with van der Waals surface area (Å²) < 4.78 is 16.4. The van der Waals surface area contributed by atoms with Crippen molar-refractivity contribution in [1.29, 1.82) is 0 Å². The maximum Gasteiger partial charge on any atom is 0.139 e. The Morgan fingerprint density at radius 2 is 1.95 bits per heavy atom. The fourth-order valence-electron chi connectivity index (χ4n) is 2.13. The molecule has 0 aliphatic carbocycles. The van der Waals surface area contributed by atoms with Crippen molar-refractivity contribution in [2.45, 2.75) is 13.8 Å². The highest BCUT2D eigenvalue weighted by atomic mass is 79.9. The molecule has 3 rings (SSSR count). The number of hydrogen-bond donors (Lipinski definition) is 1. The van der Waals surface area contributed by atoms with Gasteiger partial charge in [-0.15, -0.1) is 0 Å². The lowest BCUT2D eigenvalue weighted by molar-refractivity contribution is 0.619. The Labute approximate surface area is 124 Å². The molecule has 3 aromatic rings. The number of aryl methyl sites for hydroxylation is 2. The van der Waals surface area contributed by atoms with E-state index in [1.54, 1.807) is 17.4 Å². The number of fused-ring (bicyclic) bond motifs is 1. The fourth-order valence-corrected chi connectivity index (χ4v) is 2.45. The Bertz CT molecular complexity index is 824. The molecule has 2 aromatic heterocycles. The number of halogens is 2. The first-order valence-electron chi connectivity index (χ1n) is 6.17. The van der Waals surface area contributed by atoms with Gasteiger partial charge in [-0.2, -0.15) is 0 Å². The molecular formula is C15H13BrFN3. The maximum atomic E-state index is 13.7. The Kier molecular flexibility index (Phi) is 3.01. The summed E-state index contributed by atoms with van der Waals surface area (Å²) in [7, 11) is 0. The molecule has 1 aromatic carbocycles. The molecular weight excluding hydrogens is 321 g/mol. The first-order chi connectivity index (χ1) is 9.47. The molecule has 3 nitrogen and oxygen atoms in total. The molecule has 0 aliphatic rings. The minimum absolute atomic E-state index is 0.253. The van der Waals surface area contributed by atoms with Crippen molar-refractivity contribution in [2.24, 2.45) is 0 Å². The van der Waals surface area contributed by atoms with E-state index in [1.165, 1.54) is 6.07 Å². The number of imidazole rings is 1. The van der Waals surface area contributed by atoms with Gasteiger partial charge < -0.3 is 5.73 Å². The number of anilines is 1. The molecule has 0 unspecified atom stereocenters. The number of nitrogens with two attached hydrogens (primary N) is 1. The summed E-state index contributed by atoms with van der Waals surface area (Å²) in [6.07, 6.45) is 1.88. The topological polar surface area (TPSA) is 43.3 Å². The number of pyridine rings is 1. The summed E-state index contributed by atoms with van der Waals surface area (Å²) in [5, 5.41) is 0. The van der Waals surface area contributed by atoms with Crippen LogP contribution in [0.4, 0.5) is 10.2 Å². The number of nitrogens with zero attached hydrogens (tertiary/aromatic N) is 2. The van der Waals surface area contributed by atoms with E-state index < -0.39 is 0 Å². The highest BCUT2D eigenvalue weighted by Gasteiger charge is 2.13. The van der Waals surface area contributed by atoms with Crippen LogP contribution in [-0.2, 0) is 0 Å². The number of aromatic nitrogens is 2. The highest BCUT2D eigenvalue weighted by Crippen LogP contribution is 2.29. The minimum atomic E-state index is -0.253. The van der Waals surface area contributed by atoms with Crippen molar-refractivity contribution in [3.8, 4) is 11.3 Å². The lowest BCUT2D eigenvalue weighted by Gasteiger charge is -2.02. The van der Waals surface area contributed by atoms with Crippen LogP contribution in [0.2, 0.25) is 0 Å². The van der Waals surface area contributed by atoms with Crippen LogP contribution in [0.25, 0.3) is 16.9 Å². The smallest absolute Gasteiger partial charge is 0.139 e. The summed E-state index contributed by atoms with van der Waals surface area (Å²) in [5.41, 5.74) is 9.85. The molecule has 102 valence electrons. The number of benzene rings is 1. The molecule has 5 heteroatoms.